The lowest BCUT2D eigenvalue weighted by atomic mass is 10.1. The molecule has 0 aliphatic heterocycles. The van der Waals surface area contributed by atoms with Crippen molar-refractivity contribution in [1.82, 2.24) is 0 Å². The van der Waals surface area contributed by atoms with Crippen molar-refractivity contribution in [2.45, 2.75) is 13.5 Å². The highest BCUT2D eigenvalue weighted by Crippen LogP contribution is 2.23. The summed E-state index contributed by atoms with van der Waals surface area (Å²) in [6, 6.07) is 12.6. The van der Waals surface area contributed by atoms with E-state index in [4.69, 9.17) is 18.6 Å². The summed E-state index contributed by atoms with van der Waals surface area (Å²) >= 11 is 0. The SMILES string of the molecule is CCOC(=O)Nc1ccc2c(COC(=O)c3cccc(OC)c3)cc(=O)oc2c1. The second-order valence-corrected chi connectivity index (χ2v) is 5.96. The van der Waals surface area contributed by atoms with E-state index in [1.165, 1.54) is 19.2 Å². The van der Waals surface area contributed by atoms with Crippen LogP contribution in [0.1, 0.15) is 22.8 Å². The highest BCUT2D eigenvalue weighted by Gasteiger charge is 2.12. The Kier molecular flexibility index (Phi) is 6.13. The minimum Gasteiger partial charge on any atom is -0.497 e. The van der Waals surface area contributed by atoms with E-state index in [9.17, 15) is 14.4 Å². The molecule has 150 valence electrons. The van der Waals surface area contributed by atoms with Crippen LogP contribution < -0.4 is 15.7 Å². The average molecular weight is 397 g/mol. The number of hydrogen-bond acceptors (Lipinski definition) is 7. The van der Waals surface area contributed by atoms with Crippen molar-refractivity contribution in [3.05, 3.63) is 70.1 Å². The van der Waals surface area contributed by atoms with Gasteiger partial charge in [0.25, 0.3) is 0 Å². The molecule has 1 aromatic heterocycles. The molecule has 0 aliphatic rings. The van der Waals surface area contributed by atoms with Crippen LogP contribution in [0.3, 0.4) is 0 Å². The van der Waals surface area contributed by atoms with Crippen LogP contribution in [-0.4, -0.2) is 25.8 Å². The molecular formula is C21H19NO7. The Hall–Kier alpha value is -3.81. The van der Waals surface area contributed by atoms with Gasteiger partial charge in [0.1, 0.15) is 17.9 Å². The number of anilines is 1. The second kappa shape index (κ2) is 8.92. The maximum absolute atomic E-state index is 12.3. The van der Waals surface area contributed by atoms with Gasteiger partial charge in [-0.3, -0.25) is 5.32 Å². The molecule has 1 amide bonds. The standard InChI is InChI=1S/C21H19NO7/c1-3-27-21(25)22-15-7-8-17-14(10-19(23)29-18(17)11-15)12-28-20(24)13-5-4-6-16(9-13)26-2/h4-11H,3,12H2,1-2H3,(H,22,25). The van der Waals surface area contributed by atoms with E-state index in [0.29, 0.717) is 28.0 Å². The van der Waals surface area contributed by atoms with Crippen molar-refractivity contribution < 1.29 is 28.2 Å². The third-order valence-electron chi connectivity index (χ3n) is 4.02. The fourth-order valence-corrected chi connectivity index (χ4v) is 2.69. The summed E-state index contributed by atoms with van der Waals surface area (Å²) in [5.41, 5.74) is 0.870. The second-order valence-electron chi connectivity index (χ2n) is 5.96. The number of methoxy groups -OCH3 is 1. The van der Waals surface area contributed by atoms with Gasteiger partial charge < -0.3 is 18.6 Å². The Labute approximate surface area is 166 Å². The molecule has 0 bridgehead atoms. The van der Waals surface area contributed by atoms with Gasteiger partial charge in [0.05, 0.1) is 19.3 Å². The normalized spacial score (nSPS) is 10.4. The molecule has 1 N–H and O–H groups in total. The number of nitrogens with one attached hydrogen (secondary N) is 1. The molecule has 0 aliphatic carbocycles. The van der Waals surface area contributed by atoms with Crippen LogP contribution in [0.25, 0.3) is 11.0 Å². The first-order chi connectivity index (χ1) is 14.0. The van der Waals surface area contributed by atoms with Gasteiger partial charge in [0.2, 0.25) is 0 Å². The zero-order chi connectivity index (χ0) is 20.8. The van der Waals surface area contributed by atoms with E-state index < -0.39 is 17.7 Å². The molecule has 2 aromatic carbocycles. The first kappa shape index (κ1) is 19.9. The summed E-state index contributed by atoms with van der Waals surface area (Å²) in [5.74, 6) is -0.0160. The monoisotopic (exact) mass is 397 g/mol. The summed E-state index contributed by atoms with van der Waals surface area (Å²) in [6.07, 6.45) is -0.613. The quantitative estimate of drug-likeness (QED) is 0.499. The van der Waals surface area contributed by atoms with Gasteiger partial charge in [-0.15, -0.1) is 0 Å². The van der Waals surface area contributed by atoms with Gasteiger partial charge >= 0.3 is 17.7 Å². The lowest BCUT2D eigenvalue weighted by Gasteiger charge is -2.10. The minimum atomic E-state index is -0.613. The van der Waals surface area contributed by atoms with E-state index in [0.717, 1.165) is 0 Å². The average Bonchev–Trinajstić information content (AvgIpc) is 2.71. The molecule has 0 saturated heterocycles. The van der Waals surface area contributed by atoms with Gasteiger partial charge in [-0.1, -0.05) is 6.07 Å². The van der Waals surface area contributed by atoms with Crippen molar-refractivity contribution >= 4 is 28.7 Å². The minimum absolute atomic E-state index is 0.122. The number of hydrogen-bond donors (Lipinski definition) is 1. The Balaban J connectivity index is 1.80. The molecule has 0 unspecified atom stereocenters. The summed E-state index contributed by atoms with van der Waals surface area (Å²) in [4.78, 5) is 35.8. The maximum atomic E-state index is 12.3. The third-order valence-corrected chi connectivity index (χ3v) is 4.02. The van der Waals surface area contributed by atoms with Crippen LogP contribution in [0.15, 0.2) is 57.7 Å². The van der Waals surface area contributed by atoms with Crippen molar-refractivity contribution in [1.29, 1.82) is 0 Å². The van der Waals surface area contributed by atoms with Gasteiger partial charge in [0.15, 0.2) is 0 Å². The van der Waals surface area contributed by atoms with Crippen molar-refractivity contribution in [3.63, 3.8) is 0 Å². The summed E-state index contributed by atoms with van der Waals surface area (Å²) < 4.78 is 20.5. The van der Waals surface area contributed by atoms with E-state index in [1.807, 2.05) is 0 Å². The van der Waals surface area contributed by atoms with Crippen LogP contribution in [0.5, 0.6) is 5.75 Å². The molecule has 8 heteroatoms. The molecule has 0 saturated carbocycles. The predicted octanol–water partition coefficient (Wildman–Crippen LogP) is 3.73. The Morgan fingerprint density at radius 3 is 2.66 bits per heavy atom. The molecule has 1 heterocycles. The topological polar surface area (TPSA) is 104 Å². The van der Waals surface area contributed by atoms with Crippen molar-refractivity contribution in [2.75, 3.05) is 19.0 Å². The zero-order valence-corrected chi connectivity index (χ0v) is 15.9. The number of carbonyl (C=O) groups excluding carboxylic acids is 2. The smallest absolute Gasteiger partial charge is 0.411 e. The molecule has 0 fully saturated rings. The molecule has 3 rings (SSSR count). The summed E-state index contributed by atoms with van der Waals surface area (Å²) in [5, 5.41) is 3.12. The highest BCUT2D eigenvalue weighted by molar-refractivity contribution is 5.91. The third kappa shape index (κ3) is 4.92. The number of esters is 1. The van der Waals surface area contributed by atoms with Crippen LogP contribution in [0, 0.1) is 0 Å². The molecule has 0 spiro atoms. The van der Waals surface area contributed by atoms with E-state index in [-0.39, 0.29) is 18.8 Å². The first-order valence-electron chi connectivity index (χ1n) is 8.82. The lowest BCUT2D eigenvalue weighted by molar-refractivity contribution is 0.0473. The number of amides is 1. The van der Waals surface area contributed by atoms with Gasteiger partial charge in [-0.25, -0.2) is 14.4 Å². The zero-order valence-electron chi connectivity index (χ0n) is 15.9. The summed E-state index contributed by atoms with van der Waals surface area (Å²) in [7, 11) is 1.50. The molecule has 3 aromatic rings. The first-order valence-corrected chi connectivity index (χ1v) is 8.82. The fourth-order valence-electron chi connectivity index (χ4n) is 2.69. The van der Waals surface area contributed by atoms with E-state index in [2.05, 4.69) is 5.32 Å². The van der Waals surface area contributed by atoms with Crippen molar-refractivity contribution in [2.24, 2.45) is 0 Å². The number of benzene rings is 2. The lowest BCUT2D eigenvalue weighted by Crippen LogP contribution is -2.13. The Morgan fingerprint density at radius 2 is 1.90 bits per heavy atom. The number of fused-ring (bicyclic) bond motifs is 1. The fraction of sp³-hybridized carbons (Fsp3) is 0.190. The number of ether oxygens (including phenoxy) is 3. The highest BCUT2D eigenvalue weighted by atomic mass is 16.5. The summed E-state index contributed by atoms with van der Waals surface area (Å²) in [6.45, 7) is 1.80. The van der Waals surface area contributed by atoms with Crippen LogP contribution in [0.4, 0.5) is 10.5 Å². The Bertz CT molecular complexity index is 1100. The van der Waals surface area contributed by atoms with E-state index >= 15 is 0 Å². The van der Waals surface area contributed by atoms with Gasteiger partial charge in [0, 0.05) is 28.8 Å². The molecule has 8 nitrogen and oxygen atoms in total. The van der Waals surface area contributed by atoms with Gasteiger partial charge in [-0.2, -0.15) is 0 Å². The maximum Gasteiger partial charge on any atom is 0.411 e. The molecular weight excluding hydrogens is 378 g/mol. The number of rotatable bonds is 6. The molecule has 29 heavy (non-hydrogen) atoms. The Morgan fingerprint density at radius 1 is 1.07 bits per heavy atom. The van der Waals surface area contributed by atoms with Crippen LogP contribution in [-0.2, 0) is 16.1 Å². The predicted molar refractivity (Wildman–Crippen MR) is 105 cm³/mol. The number of carbonyl (C=O) groups is 2. The van der Waals surface area contributed by atoms with Crippen LogP contribution in [0.2, 0.25) is 0 Å². The molecule has 0 radical (unpaired) electrons. The largest absolute Gasteiger partial charge is 0.497 e. The van der Waals surface area contributed by atoms with E-state index in [1.54, 1.807) is 43.3 Å². The van der Waals surface area contributed by atoms with Crippen molar-refractivity contribution in [3.8, 4) is 5.75 Å². The van der Waals surface area contributed by atoms with Crippen LogP contribution >= 0.6 is 0 Å². The van der Waals surface area contributed by atoms with Gasteiger partial charge in [-0.05, 0) is 37.3 Å². The molecule has 0 atom stereocenters.